The summed E-state index contributed by atoms with van der Waals surface area (Å²) in [6, 6.07) is 11.3. The van der Waals surface area contributed by atoms with Crippen LogP contribution in [0.2, 0.25) is 5.02 Å². The molecule has 0 fully saturated rings. The Morgan fingerprint density at radius 2 is 1.94 bits per heavy atom. The van der Waals surface area contributed by atoms with Gasteiger partial charge in [0.25, 0.3) is 0 Å². The van der Waals surface area contributed by atoms with Crippen LogP contribution in [0.4, 0.5) is 5.69 Å². The Balaban J connectivity index is 0.00000408. The molecule has 1 atom stereocenters. The lowest BCUT2D eigenvalue weighted by molar-refractivity contribution is -0.116. The molecule has 0 aromatic heterocycles. The number of halogens is 2. The van der Waals surface area contributed by atoms with Gasteiger partial charge < -0.3 is 19.5 Å². The molecule has 1 aliphatic heterocycles. The van der Waals surface area contributed by atoms with Gasteiger partial charge in [-0.05, 0) is 55.8 Å². The average Bonchev–Trinajstić information content (AvgIpc) is 3.18. The Morgan fingerprint density at radius 1 is 1.18 bits per heavy atom. The fourth-order valence-electron chi connectivity index (χ4n) is 3.92. The van der Waals surface area contributed by atoms with Crippen LogP contribution >= 0.6 is 35.8 Å². The summed E-state index contributed by atoms with van der Waals surface area (Å²) in [5, 5.41) is 9.69. The molecule has 1 amide bonds. The highest BCUT2D eigenvalue weighted by Crippen LogP contribution is 2.54. The van der Waals surface area contributed by atoms with Crippen LogP contribution in [0.3, 0.4) is 0 Å². The van der Waals surface area contributed by atoms with Gasteiger partial charge in [0.15, 0.2) is 0 Å². The molecule has 9 heteroatoms. The number of carbonyl (C=O) groups is 1. The molecule has 2 aromatic rings. The van der Waals surface area contributed by atoms with E-state index in [4.69, 9.17) is 21.1 Å². The van der Waals surface area contributed by atoms with Crippen LogP contribution < -0.4 is 14.4 Å². The van der Waals surface area contributed by atoms with Crippen molar-refractivity contribution in [3.8, 4) is 11.5 Å². The number of hydrogen-bond donors (Lipinski definition) is 1. The number of benzene rings is 2. The van der Waals surface area contributed by atoms with Crippen molar-refractivity contribution in [3.05, 3.63) is 47.0 Å². The molecule has 34 heavy (non-hydrogen) atoms. The van der Waals surface area contributed by atoms with Gasteiger partial charge in [0.2, 0.25) is 5.91 Å². The number of fused-ring (bicyclic) bond motifs is 1. The number of hydrogen-bond acceptors (Lipinski definition) is 6. The minimum Gasteiger partial charge on any atom is -0.497 e. The van der Waals surface area contributed by atoms with Gasteiger partial charge in [0.05, 0.1) is 26.0 Å². The summed E-state index contributed by atoms with van der Waals surface area (Å²) >= 11 is 7.79. The van der Waals surface area contributed by atoms with Crippen molar-refractivity contribution in [3.63, 3.8) is 0 Å². The maximum Gasteiger partial charge on any atom is 0.225 e. The third kappa shape index (κ3) is 7.18. The number of thioether (sulfide) groups is 1. The van der Waals surface area contributed by atoms with Gasteiger partial charge >= 0.3 is 0 Å². The first-order chi connectivity index (χ1) is 16.0. The minimum atomic E-state index is -0.267. The van der Waals surface area contributed by atoms with Crippen molar-refractivity contribution in [2.75, 3.05) is 44.9 Å². The van der Waals surface area contributed by atoms with Crippen LogP contribution in [0.15, 0.2) is 41.3 Å². The summed E-state index contributed by atoms with van der Waals surface area (Å²) in [7, 11) is 1.63. The monoisotopic (exact) mass is 528 g/mol. The number of aliphatic hydroxyl groups is 1. The predicted octanol–water partition coefficient (Wildman–Crippen LogP) is 5.79. The Kier molecular flexibility index (Phi) is 11.8. The lowest BCUT2D eigenvalue weighted by Crippen LogP contribution is -2.30. The Morgan fingerprint density at radius 3 is 2.62 bits per heavy atom. The number of amides is 1. The highest BCUT2D eigenvalue weighted by molar-refractivity contribution is 8.00. The molecular formula is C25H34Cl2N2O4S. The van der Waals surface area contributed by atoms with E-state index in [1.807, 2.05) is 30.3 Å². The molecule has 1 heterocycles. The molecule has 188 valence electrons. The molecule has 0 aliphatic carbocycles. The molecule has 3 rings (SSSR count). The smallest absolute Gasteiger partial charge is 0.225 e. The van der Waals surface area contributed by atoms with E-state index in [9.17, 15) is 9.90 Å². The van der Waals surface area contributed by atoms with Crippen LogP contribution in [0, 0.1) is 0 Å². The molecular weight excluding hydrogens is 495 g/mol. The summed E-state index contributed by atoms with van der Waals surface area (Å²) in [6.07, 6.45) is 3.10. The van der Waals surface area contributed by atoms with Gasteiger partial charge in [-0.2, -0.15) is 0 Å². The zero-order valence-corrected chi connectivity index (χ0v) is 22.3. The maximum atomic E-state index is 12.6. The number of aliphatic hydroxyl groups excluding tert-OH is 1. The zero-order valence-electron chi connectivity index (χ0n) is 20.0. The molecule has 6 nitrogen and oxygen atoms in total. The molecule has 0 radical (unpaired) electrons. The number of unbranched alkanes of at least 4 members (excludes halogenated alkanes) is 1. The molecule has 1 aliphatic rings. The van der Waals surface area contributed by atoms with Crippen molar-refractivity contribution >= 4 is 47.4 Å². The Bertz CT molecular complexity index is 947. The standard InChI is InChI=1S/C25H33ClN2O4S.ClH/c1-4-5-11-27(13-14-29)12-6-15-32-23-10-8-20(31-3)17-21(23)25-28(18(2)30)22-9-7-19(26)16-24(22)33-25;/h7-10,16-17,25,29H,4-6,11-15H2,1-3H3;1H. The number of rotatable bonds is 12. The van der Waals surface area contributed by atoms with Gasteiger partial charge in [-0.3, -0.25) is 9.69 Å². The van der Waals surface area contributed by atoms with E-state index in [-0.39, 0.29) is 30.3 Å². The number of nitrogens with zero attached hydrogens (tertiary/aromatic N) is 2. The van der Waals surface area contributed by atoms with Gasteiger partial charge in [0.1, 0.15) is 16.9 Å². The summed E-state index contributed by atoms with van der Waals surface area (Å²) in [6.45, 7) is 6.99. The summed E-state index contributed by atoms with van der Waals surface area (Å²) in [4.78, 5) is 17.6. The van der Waals surface area contributed by atoms with E-state index in [0.29, 0.717) is 23.9 Å². The van der Waals surface area contributed by atoms with E-state index in [1.54, 1.807) is 36.8 Å². The van der Waals surface area contributed by atoms with Crippen molar-refractivity contribution in [2.24, 2.45) is 0 Å². The number of anilines is 1. The van der Waals surface area contributed by atoms with Crippen molar-refractivity contribution in [1.82, 2.24) is 4.90 Å². The molecule has 0 spiro atoms. The lowest BCUT2D eigenvalue weighted by Gasteiger charge is -2.26. The van der Waals surface area contributed by atoms with E-state index in [2.05, 4.69) is 11.8 Å². The molecule has 1 N–H and O–H groups in total. The quantitative estimate of drug-likeness (QED) is 0.351. The van der Waals surface area contributed by atoms with Gasteiger partial charge in [-0.25, -0.2) is 0 Å². The first-order valence-corrected chi connectivity index (χ1v) is 12.6. The van der Waals surface area contributed by atoms with Gasteiger partial charge in [-0.1, -0.05) is 36.7 Å². The summed E-state index contributed by atoms with van der Waals surface area (Å²) < 4.78 is 11.7. The maximum absolute atomic E-state index is 12.6. The van der Waals surface area contributed by atoms with E-state index >= 15 is 0 Å². The predicted molar refractivity (Wildman–Crippen MR) is 142 cm³/mol. The van der Waals surface area contributed by atoms with Crippen LogP contribution in [0.5, 0.6) is 11.5 Å². The second kappa shape index (κ2) is 14.0. The van der Waals surface area contributed by atoms with E-state index in [1.165, 1.54) is 0 Å². The van der Waals surface area contributed by atoms with Crippen molar-refractivity contribution in [2.45, 2.75) is 43.4 Å². The first-order valence-electron chi connectivity index (χ1n) is 11.4. The topological polar surface area (TPSA) is 62.2 Å². The van der Waals surface area contributed by atoms with Crippen molar-refractivity contribution < 1.29 is 19.4 Å². The third-order valence-electron chi connectivity index (χ3n) is 5.60. The molecule has 2 aromatic carbocycles. The average molecular weight is 530 g/mol. The number of methoxy groups -OCH3 is 1. The fraction of sp³-hybridized carbons (Fsp3) is 0.480. The van der Waals surface area contributed by atoms with Gasteiger partial charge in [0, 0.05) is 35.5 Å². The molecule has 1 unspecified atom stereocenters. The van der Waals surface area contributed by atoms with Crippen LogP contribution in [-0.2, 0) is 4.79 Å². The van der Waals surface area contributed by atoms with Crippen molar-refractivity contribution in [1.29, 1.82) is 0 Å². The van der Waals surface area contributed by atoms with Gasteiger partial charge in [-0.15, -0.1) is 12.4 Å². The second-order valence-corrected chi connectivity index (χ2v) is 9.55. The summed E-state index contributed by atoms with van der Waals surface area (Å²) in [5.74, 6) is 1.41. The second-order valence-electron chi connectivity index (χ2n) is 8.00. The molecule has 0 saturated heterocycles. The van der Waals surface area contributed by atoms with Crippen LogP contribution in [0.1, 0.15) is 44.0 Å². The van der Waals surface area contributed by atoms with Crippen LogP contribution in [0.25, 0.3) is 0 Å². The highest BCUT2D eigenvalue weighted by atomic mass is 35.5. The minimum absolute atomic E-state index is 0. The lowest BCUT2D eigenvalue weighted by atomic mass is 10.1. The summed E-state index contributed by atoms with van der Waals surface area (Å²) in [5.41, 5.74) is 1.74. The fourth-order valence-corrected chi connectivity index (χ4v) is 5.56. The zero-order chi connectivity index (χ0) is 23.8. The SMILES string of the molecule is CCCCN(CCO)CCCOc1ccc(OC)cc1C1Sc2cc(Cl)ccc2N1C(C)=O.Cl. The number of ether oxygens (including phenoxy) is 2. The largest absolute Gasteiger partial charge is 0.497 e. The Hall–Kier alpha value is -1.64. The third-order valence-corrected chi connectivity index (χ3v) is 7.10. The normalized spacial score (nSPS) is 14.6. The Labute approximate surface area is 218 Å². The van der Waals surface area contributed by atoms with E-state index < -0.39 is 0 Å². The molecule has 0 bridgehead atoms. The first kappa shape index (κ1) is 28.6. The highest BCUT2D eigenvalue weighted by Gasteiger charge is 2.36. The van der Waals surface area contributed by atoms with Crippen LogP contribution in [-0.4, -0.2) is 55.9 Å². The molecule has 0 saturated carbocycles. The van der Waals surface area contributed by atoms with E-state index in [0.717, 1.165) is 54.2 Å². The number of carbonyl (C=O) groups excluding carboxylic acids is 1.